The summed E-state index contributed by atoms with van der Waals surface area (Å²) >= 11 is 0. The van der Waals surface area contributed by atoms with Gasteiger partial charge in [0.2, 0.25) is 0 Å². The largest absolute Gasteiger partial charge is 0.462 e. The average molecular weight is 451 g/mol. The predicted octanol–water partition coefficient (Wildman–Crippen LogP) is 2.05. The third-order valence-corrected chi connectivity index (χ3v) is 8.77. The van der Waals surface area contributed by atoms with E-state index in [1.54, 1.807) is 6.92 Å². The van der Waals surface area contributed by atoms with Gasteiger partial charge in [-0.05, 0) is 31.6 Å². The molecular formula is C24H34O8. The highest BCUT2D eigenvalue weighted by molar-refractivity contribution is 5.92. The maximum absolute atomic E-state index is 12.2. The normalized spacial score (nSPS) is 44.7. The van der Waals surface area contributed by atoms with Gasteiger partial charge in [0.05, 0.1) is 0 Å². The van der Waals surface area contributed by atoms with Crippen molar-refractivity contribution in [3.63, 3.8) is 0 Å². The van der Waals surface area contributed by atoms with Crippen molar-refractivity contribution in [1.82, 2.24) is 0 Å². The minimum absolute atomic E-state index is 0.0343. The number of hydrogen-bond donors (Lipinski definition) is 2. The summed E-state index contributed by atoms with van der Waals surface area (Å²) in [6.45, 7) is 10.4. The van der Waals surface area contributed by atoms with Crippen LogP contribution in [0.5, 0.6) is 0 Å². The molecule has 32 heavy (non-hydrogen) atoms. The minimum atomic E-state index is -1.57. The Kier molecular flexibility index (Phi) is 5.29. The molecule has 178 valence electrons. The van der Waals surface area contributed by atoms with E-state index >= 15 is 0 Å². The van der Waals surface area contributed by atoms with Gasteiger partial charge in [0, 0.05) is 48.7 Å². The van der Waals surface area contributed by atoms with Crippen molar-refractivity contribution in [2.45, 2.75) is 97.2 Å². The van der Waals surface area contributed by atoms with Gasteiger partial charge in [0.1, 0.15) is 30.0 Å². The van der Waals surface area contributed by atoms with Gasteiger partial charge >= 0.3 is 17.9 Å². The first kappa shape index (κ1) is 23.2. The Morgan fingerprint density at radius 1 is 1.12 bits per heavy atom. The van der Waals surface area contributed by atoms with Gasteiger partial charge < -0.3 is 24.4 Å². The summed E-state index contributed by atoms with van der Waals surface area (Å²) in [5.74, 6) is -1.93. The zero-order valence-electron chi connectivity index (χ0n) is 19.6. The van der Waals surface area contributed by atoms with E-state index in [4.69, 9.17) is 14.2 Å². The van der Waals surface area contributed by atoms with Gasteiger partial charge in [-0.1, -0.05) is 20.8 Å². The van der Waals surface area contributed by atoms with Crippen molar-refractivity contribution < 1.29 is 38.8 Å². The van der Waals surface area contributed by atoms with Gasteiger partial charge in [-0.15, -0.1) is 0 Å². The molecule has 4 rings (SSSR count). The second-order valence-electron chi connectivity index (χ2n) is 10.9. The van der Waals surface area contributed by atoms with Crippen LogP contribution in [0, 0.1) is 22.7 Å². The maximum Gasteiger partial charge on any atom is 0.334 e. The van der Waals surface area contributed by atoms with Gasteiger partial charge in [0.25, 0.3) is 0 Å². The van der Waals surface area contributed by atoms with Gasteiger partial charge in [-0.2, -0.15) is 0 Å². The summed E-state index contributed by atoms with van der Waals surface area (Å²) < 4.78 is 17.0. The fourth-order valence-electron chi connectivity index (χ4n) is 7.66. The molecule has 8 nitrogen and oxygen atoms in total. The van der Waals surface area contributed by atoms with Crippen molar-refractivity contribution in [2.24, 2.45) is 22.7 Å². The summed E-state index contributed by atoms with van der Waals surface area (Å²) in [4.78, 5) is 36.1. The molecule has 0 amide bonds. The molecule has 0 spiro atoms. The molecule has 3 aliphatic carbocycles. The smallest absolute Gasteiger partial charge is 0.334 e. The maximum atomic E-state index is 12.2. The Bertz CT molecular complexity index is 890. The fourth-order valence-corrected chi connectivity index (χ4v) is 7.66. The summed E-state index contributed by atoms with van der Waals surface area (Å²) in [5.41, 5.74) is -1.90. The molecule has 2 N–H and O–H groups in total. The third-order valence-electron chi connectivity index (χ3n) is 8.77. The monoisotopic (exact) mass is 450 g/mol. The lowest BCUT2D eigenvalue weighted by molar-refractivity contribution is -0.275. The Labute approximate surface area is 188 Å². The van der Waals surface area contributed by atoms with Crippen LogP contribution in [0.2, 0.25) is 0 Å². The van der Waals surface area contributed by atoms with Crippen LogP contribution in [0.1, 0.15) is 67.2 Å². The highest BCUT2D eigenvalue weighted by atomic mass is 16.6. The molecule has 3 fully saturated rings. The van der Waals surface area contributed by atoms with E-state index in [1.165, 1.54) is 13.8 Å². The second kappa shape index (κ2) is 7.29. The molecule has 0 aromatic heterocycles. The first-order valence-electron chi connectivity index (χ1n) is 11.4. The molecule has 0 radical (unpaired) electrons. The first-order valence-corrected chi connectivity index (χ1v) is 11.4. The van der Waals surface area contributed by atoms with Crippen LogP contribution >= 0.6 is 0 Å². The average Bonchev–Trinajstić information content (AvgIpc) is 2.93. The summed E-state index contributed by atoms with van der Waals surface area (Å²) in [6.07, 6.45) is -1.29. The van der Waals surface area contributed by atoms with E-state index < -0.39 is 52.6 Å². The molecule has 1 heterocycles. The number of rotatable bonds is 2. The van der Waals surface area contributed by atoms with Crippen molar-refractivity contribution in [3.8, 4) is 0 Å². The standard InChI is InChI=1S/C24H34O8/c1-11-18-14(32-21(11)28)9-16-23(6)8-7-17(31-13(3)26)22(4,5)19(23)15(30-12(2)25)10-24(16,29)20(18)27/h14-17,19-20,27,29H,7-10H2,1-6H3. The van der Waals surface area contributed by atoms with E-state index in [2.05, 4.69) is 6.92 Å². The zero-order chi connectivity index (χ0) is 23.8. The molecule has 8 heteroatoms. The minimum Gasteiger partial charge on any atom is -0.462 e. The highest BCUT2D eigenvalue weighted by Crippen LogP contribution is 2.66. The quantitative estimate of drug-likeness (QED) is 0.485. The Balaban J connectivity index is 1.82. The van der Waals surface area contributed by atoms with Gasteiger partial charge in [-0.25, -0.2) is 4.79 Å². The molecule has 4 aliphatic rings. The van der Waals surface area contributed by atoms with E-state index in [0.29, 0.717) is 30.4 Å². The number of aliphatic hydroxyl groups excluding tert-OH is 1. The number of aliphatic hydroxyl groups is 2. The van der Waals surface area contributed by atoms with Crippen LogP contribution in [0.15, 0.2) is 11.1 Å². The van der Waals surface area contributed by atoms with E-state index in [-0.39, 0.29) is 24.4 Å². The SMILES string of the molecule is CC(=O)OC1CC2(O)C(O)C3=C(C)C(=O)OC3CC2C2(C)CCC(OC(C)=O)C(C)(C)C12. The van der Waals surface area contributed by atoms with Crippen LogP contribution in [-0.4, -0.2) is 58.1 Å². The molecule has 0 saturated heterocycles. The Hall–Kier alpha value is -1.93. The van der Waals surface area contributed by atoms with Crippen LogP contribution < -0.4 is 0 Å². The Morgan fingerprint density at radius 2 is 1.75 bits per heavy atom. The first-order chi connectivity index (χ1) is 14.7. The van der Waals surface area contributed by atoms with Crippen molar-refractivity contribution in [3.05, 3.63) is 11.1 Å². The van der Waals surface area contributed by atoms with E-state index in [0.717, 1.165) is 0 Å². The van der Waals surface area contributed by atoms with Crippen LogP contribution in [0.3, 0.4) is 0 Å². The topological polar surface area (TPSA) is 119 Å². The predicted molar refractivity (Wildman–Crippen MR) is 112 cm³/mol. The number of fused-ring (bicyclic) bond motifs is 4. The number of ether oxygens (including phenoxy) is 3. The number of carbonyl (C=O) groups is 3. The van der Waals surface area contributed by atoms with Crippen LogP contribution in [-0.2, 0) is 28.6 Å². The van der Waals surface area contributed by atoms with Gasteiger partial charge in [0.15, 0.2) is 0 Å². The summed E-state index contributed by atoms with van der Waals surface area (Å²) in [6, 6.07) is 0. The molecule has 0 aromatic carbocycles. The van der Waals surface area contributed by atoms with Crippen LogP contribution in [0.4, 0.5) is 0 Å². The van der Waals surface area contributed by atoms with E-state index in [9.17, 15) is 24.6 Å². The fraction of sp³-hybridized carbons (Fsp3) is 0.792. The second-order valence-corrected chi connectivity index (χ2v) is 10.9. The Morgan fingerprint density at radius 3 is 2.34 bits per heavy atom. The number of hydrogen-bond acceptors (Lipinski definition) is 8. The van der Waals surface area contributed by atoms with Crippen LogP contribution in [0.25, 0.3) is 0 Å². The molecular weight excluding hydrogens is 416 g/mol. The molecule has 0 bridgehead atoms. The number of esters is 3. The highest BCUT2D eigenvalue weighted by Gasteiger charge is 2.70. The molecule has 8 atom stereocenters. The summed E-state index contributed by atoms with van der Waals surface area (Å²) in [5, 5.41) is 23.3. The summed E-state index contributed by atoms with van der Waals surface area (Å²) in [7, 11) is 0. The molecule has 1 aliphatic heterocycles. The molecule has 3 saturated carbocycles. The lowest BCUT2D eigenvalue weighted by Crippen LogP contribution is -2.71. The zero-order valence-corrected chi connectivity index (χ0v) is 19.6. The van der Waals surface area contributed by atoms with Crippen molar-refractivity contribution in [1.29, 1.82) is 0 Å². The van der Waals surface area contributed by atoms with Crippen molar-refractivity contribution in [2.75, 3.05) is 0 Å². The lowest BCUT2D eigenvalue weighted by atomic mass is 9.41. The van der Waals surface area contributed by atoms with Crippen molar-refractivity contribution >= 4 is 17.9 Å². The lowest BCUT2D eigenvalue weighted by Gasteiger charge is -2.66. The number of carbonyl (C=O) groups excluding carboxylic acids is 3. The molecule has 0 aromatic rings. The third kappa shape index (κ3) is 3.13. The van der Waals surface area contributed by atoms with Gasteiger partial charge in [-0.3, -0.25) is 9.59 Å². The molecule has 8 unspecified atom stereocenters. The van der Waals surface area contributed by atoms with E-state index in [1.807, 2.05) is 13.8 Å².